The van der Waals surface area contributed by atoms with Crippen molar-refractivity contribution in [2.24, 2.45) is 0 Å². The van der Waals surface area contributed by atoms with E-state index >= 15 is 0 Å². The second kappa shape index (κ2) is 4.33. The quantitative estimate of drug-likeness (QED) is 0.696. The van der Waals surface area contributed by atoms with Crippen molar-refractivity contribution in [3.63, 3.8) is 0 Å². The Hall–Kier alpha value is -0.220. The summed E-state index contributed by atoms with van der Waals surface area (Å²) in [6, 6.07) is 0. The summed E-state index contributed by atoms with van der Waals surface area (Å²) in [5, 5.41) is 3.80. The molecule has 74 valence electrons. The Kier molecular flexibility index (Phi) is 3.11. The summed E-state index contributed by atoms with van der Waals surface area (Å²) >= 11 is 2.02. The molecule has 13 heavy (non-hydrogen) atoms. The summed E-state index contributed by atoms with van der Waals surface area (Å²) in [6.07, 6.45) is 2.62. The van der Waals surface area contributed by atoms with Gasteiger partial charge < -0.3 is 10.2 Å². The Morgan fingerprint density at radius 3 is 3.23 bits per heavy atom. The smallest absolute Gasteiger partial charge is 0.236 e. The minimum Gasteiger partial charge on any atom is -0.339 e. The number of thioether (sulfide) groups is 1. The maximum absolute atomic E-state index is 11.4. The Labute approximate surface area is 83.2 Å². The van der Waals surface area contributed by atoms with Gasteiger partial charge in [0.15, 0.2) is 0 Å². The van der Waals surface area contributed by atoms with Crippen LogP contribution < -0.4 is 5.32 Å². The molecular formula is C9H16N2OS. The van der Waals surface area contributed by atoms with Gasteiger partial charge in [-0.1, -0.05) is 0 Å². The van der Waals surface area contributed by atoms with Crippen LogP contribution in [0.15, 0.2) is 0 Å². The van der Waals surface area contributed by atoms with Crippen LogP contribution in [0.5, 0.6) is 0 Å². The number of piperazine rings is 1. The fraction of sp³-hybridized carbons (Fsp3) is 0.889. The largest absolute Gasteiger partial charge is 0.339 e. The molecule has 0 aliphatic carbocycles. The molecule has 1 N–H and O–H groups in total. The van der Waals surface area contributed by atoms with Gasteiger partial charge in [0.1, 0.15) is 0 Å². The molecule has 0 spiro atoms. The highest BCUT2D eigenvalue weighted by molar-refractivity contribution is 8.00. The van der Waals surface area contributed by atoms with Crippen molar-refractivity contribution in [3.8, 4) is 0 Å². The van der Waals surface area contributed by atoms with Gasteiger partial charge in [-0.15, -0.1) is 0 Å². The number of carbonyl (C=O) groups is 1. The zero-order valence-corrected chi connectivity index (χ0v) is 8.61. The molecule has 0 aromatic heterocycles. The van der Waals surface area contributed by atoms with E-state index in [4.69, 9.17) is 0 Å². The molecule has 2 rings (SSSR count). The third-order valence-corrected chi connectivity index (χ3v) is 4.02. The lowest BCUT2D eigenvalue weighted by atomic mass is 10.2. The van der Waals surface area contributed by atoms with E-state index in [2.05, 4.69) is 5.32 Å². The number of hydrogen-bond donors (Lipinski definition) is 1. The summed E-state index contributed by atoms with van der Waals surface area (Å²) in [5.41, 5.74) is 0. The third-order valence-electron chi connectivity index (χ3n) is 2.64. The van der Waals surface area contributed by atoms with Gasteiger partial charge in [-0.25, -0.2) is 0 Å². The predicted molar refractivity (Wildman–Crippen MR) is 54.9 cm³/mol. The fourth-order valence-corrected chi connectivity index (χ4v) is 3.16. The van der Waals surface area contributed by atoms with Gasteiger partial charge >= 0.3 is 0 Å². The van der Waals surface area contributed by atoms with Crippen LogP contribution in [0.1, 0.15) is 12.8 Å². The molecule has 0 aromatic carbocycles. The van der Waals surface area contributed by atoms with E-state index in [1.807, 2.05) is 16.7 Å². The molecule has 0 radical (unpaired) electrons. The van der Waals surface area contributed by atoms with Gasteiger partial charge in [0.2, 0.25) is 5.91 Å². The van der Waals surface area contributed by atoms with E-state index in [0.29, 0.717) is 11.8 Å². The van der Waals surface area contributed by atoms with Crippen LogP contribution in [0, 0.1) is 0 Å². The summed E-state index contributed by atoms with van der Waals surface area (Å²) in [5.74, 6) is 1.56. The van der Waals surface area contributed by atoms with Gasteiger partial charge in [-0.2, -0.15) is 11.8 Å². The average Bonchev–Trinajstić information content (AvgIpc) is 2.61. The van der Waals surface area contributed by atoms with E-state index in [9.17, 15) is 4.79 Å². The molecular weight excluding hydrogens is 184 g/mol. The van der Waals surface area contributed by atoms with Crippen LogP contribution in [0.4, 0.5) is 0 Å². The van der Waals surface area contributed by atoms with Crippen molar-refractivity contribution < 1.29 is 4.79 Å². The number of carbonyl (C=O) groups excluding carboxylic acids is 1. The normalized spacial score (nSPS) is 29.7. The lowest BCUT2D eigenvalue weighted by Crippen LogP contribution is -2.49. The first-order chi connectivity index (χ1) is 6.36. The summed E-state index contributed by atoms with van der Waals surface area (Å²) in [4.78, 5) is 13.4. The minimum atomic E-state index is 0.277. The molecule has 2 fully saturated rings. The second-order valence-corrected chi connectivity index (χ2v) is 5.06. The Balaban J connectivity index is 1.81. The van der Waals surface area contributed by atoms with Gasteiger partial charge in [-0.05, 0) is 18.6 Å². The van der Waals surface area contributed by atoms with Gasteiger partial charge in [0, 0.05) is 24.9 Å². The number of hydrogen-bond acceptors (Lipinski definition) is 3. The van der Waals surface area contributed by atoms with E-state index in [1.165, 1.54) is 18.6 Å². The molecule has 1 unspecified atom stereocenters. The molecule has 4 heteroatoms. The standard InChI is InChI=1S/C9H16N2OS/c12-9-6-10-3-4-11(9)7-8-2-1-5-13-8/h8,10H,1-7H2. The predicted octanol–water partition coefficient (Wildman–Crippen LogP) is 0.314. The Morgan fingerprint density at radius 2 is 2.54 bits per heavy atom. The third kappa shape index (κ3) is 2.38. The van der Waals surface area contributed by atoms with Gasteiger partial charge in [-0.3, -0.25) is 4.79 Å². The topological polar surface area (TPSA) is 32.3 Å². The van der Waals surface area contributed by atoms with Crippen molar-refractivity contribution in [2.45, 2.75) is 18.1 Å². The summed E-state index contributed by atoms with van der Waals surface area (Å²) < 4.78 is 0. The van der Waals surface area contributed by atoms with Crippen molar-refractivity contribution in [3.05, 3.63) is 0 Å². The van der Waals surface area contributed by atoms with Gasteiger partial charge in [0.25, 0.3) is 0 Å². The first-order valence-corrected chi connectivity index (χ1v) is 6.01. The minimum absolute atomic E-state index is 0.277. The molecule has 1 atom stereocenters. The molecule has 0 bridgehead atoms. The van der Waals surface area contributed by atoms with Crippen LogP contribution >= 0.6 is 11.8 Å². The van der Waals surface area contributed by atoms with E-state index in [1.54, 1.807) is 0 Å². The van der Waals surface area contributed by atoms with Crippen LogP contribution in [-0.4, -0.2) is 48.0 Å². The molecule has 0 aromatic rings. The number of amides is 1. The van der Waals surface area contributed by atoms with Crippen LogP contribution in [0.25, 0.3) is 0 Å². The van der Waals surface area contributed by atoms with E-state index < -0.39 is 0 Å². The van der Waals surface area contributed by atoms with Crippen LogP contribution in [0.3, 0.4) is 0 Å². The average molecular weight is 200 g/mol. The lowest BCUT2D eigenvalue weighted by molar-refractivity contribution is -0.131. The molecule has 2 heterocycles. The molecule has 0 saturated carbocycles. The zero-order valence-electron chi connectivity index (χ0n) is 7.79. The first-order valence-electron chi connectivity index (χ1n) is 4.96. The first kappa shape index (κ1) is 9.34. The highest BCUT2D eigenvalue weighted by Crippen LogP contribution is 2.26. The second-order valence-electron chi connectivity index (χ2n) is 3.65. The van der Waals surface area contributed by atoms with Crippen LogP contribution in [-0.2, 0) is 4.79 Å². The van der Waals surface area contributed by atoms with Crippen LogP contribution in [0.2, 0.25) is 0 Å². The molecule has 2 aliphatic heterocycles. The van der Waals surface area contributed by atoms with Crippen molar-refractivity contribution in [1.29, 1.82) is 0 Å². The highest BCUT2D eigenvalue weighted by Gasteiger charge is 2.23. The number of nitrogens with zero attached hydrogens (tertiary/aromatic N) is 1. The number of nitrogens with one attached hydrogen (secondary N) is 1. The SMILES string of the molecule is O=C1CNCCN1CC1CCCS1. The van der Waals surface area contributed by atoms with Gasteiger partial charge in [0.05, 0.1) is 6.54 Å². The van der Waals surface area contributed by atoms with Crippen molar-refractivity contribution >= 4 is 17.7 Å². The Morgan fingerprint density at radius 1 is 1.62 bits per heavy atom. The number of rotatable bonds is 2. The maximum atomic E-state index is 11.4. The molecule has 3 nitrogen and oxygen atoms in total. The summed E-state index contributed by atoms with van der Waals surface area (Å²) in [6.45, 7) is 3.38. The fourth-order valence-electron chi connectivity index (χ4n) is 1.87. The summed E-state index contributed by atoms with van der Waals surface area (Å²) in [7, 11) is 0. The Bertz CT molecular complexity index is 192. The monoisotopic (exact) mass is 200 g/mol. The van der Waals surface area contributed by atoms with E-state index in [-0.39, 0.29) is 5.91 Å². The molecule has 2 saturated heterocycles. The van der Waals surface area contributed by atoms with E-state index in [0.717, 1.165) is 19.6 Å². The molecule has 1 amide bonds. The lowest BCUT2D eigenvalue weighted by Gasteiger charge is -2.29. The van der Waals surface area contributed by atoms with Crippen molar-refractivity contribution in [1.82, 2.24) is 10.2 Å². The zero-order chi connectivity index (χ0) is 9.10. The maximum Gasteiger partial charge on any atom is 0.236 e. The highest BCUT2D eigenvalue weighted by atomic mass is 32.2. The molecule has 2 aliphatic rings. The van der Waals surface area contributed by atoms with Crippen molar-refractivity contribution in [2.75, 3.05) is 31.9 Å².